The minimum Gasteiger partial charge on any atom is -0.448 e. The molecular formula is C26H31FN6O4. The fourth-order valence-corrected chi connectivity index (χ4v) is 3.82. The van der Waals surface area contributed by atoms with Crippen LogP contribution in [0.5, 0.6) is 0 Å². The summed E-state index contributed by atoms with van der Waals surface area (Å²) in [4.78, 5) is 25.2. The second-order valence-electron chi connectivity index (χ2n) is 8.26. The molecule has 3 aromatic heterocycles. The average Bonchev–Trinajstić information content (AvgIpc) is 3.53. The van der Waals surface area contributed by atoms with Gasteiger partial charge < -0.3 is 29.1 Å². The van der Waals surface area contributed by atoms with Crippen molar-refractivity contribution in [2.24, 2.45) is 0 Å². The molecule has 4 rings (SSSR count). The van der Waals surface area contributed by atoms with E-state index in [2.05, 4.69) is 31.2 Å². The number of hydrogen-bond donors (Lipinski definition) is 2. The van der Waals surface area contributed by atoms with Crippen molar-refractivity contribution >= 4 is 16.9 Å². The highest BCUT2D eigenvalue weighted by molar-refractivity contribution is 5.91. The normalized spacial score (nSPS) is 11.3. The molecule has 3 heterocycles. The topological polar surface area (TPSA) is 116 Å². The van der Waals surface area contributed by atoms with Gasteiger partial charge in [0.2, 0.25) is 0 Å². The van der Waals surface area contributed by atoms with Crippen LogP contribution in [-0.2, 0) is 35.4 Å². The molecule has 2 N–H and O–H groups in total. The van der Waals surface area contributed by atoms with Gasteiger partial charge in [0, 0.05) is 45.8 Å². The summed E-state index contributed by atoms with van der Waals surface area (Å²) in [6.07, 6.45) is 4.04. The third-order valence-electron chi connectivity index (χ3n) is 5.70. The summed E-state index contributed by atoms with van der Waals surface area (Å²) in [6.45, 7) is 3.75. The van der Waals surface area contributed by atoms with Gasteiger partial charge in [0.15, 0.2) is 11.6 Å². The Balaban J connectivity index is 1.22. The number of imidazole rings is 1. The molecule has 0 fully saturated rings. The maximum Gasteiger partial charge on any atom is 0.273 e. The van der Waals surface area contributed by atoms with E-state index in [-0.39, 0.29) is 17.9 Å². The van der Waals surface area contributed by atoms with E-state index in [1.807, 2.05) is 18.2 Å². The number of carbonyl (C=O) groups excluding carboxylic acids is 1. The summed E-state index contributed by atoms with van der Waals surface area (Å²) in [5.74, 6) is 0.518. The van der Waals surface area contributed by atoms with Crippen LogP contribution < -0.4 is 10.6 Å². The molecule has 0 unspecified atom stereocenters. The molecule has 10 nitrogen and oxygen atoms in total. The van der Waals surface area contributed by atoms with Gasteiger partial charge in [-0.3, -0.25) is 9.78 Å². The van der Waals surface area contributed by atoms with E-state index in [0.29, 0.717) is 45.2 Å². The lowest BCUT2D eigenvalue weighted by molar-refractivity contribution is 0.0667. The second-order valence-corrected chi connectivity index (χ2v) is 8.26. The third kappa shape index (κ3) is 7.42. The number of nitrogens with one attached hydrogen (secondary N) is 2. The van der Waals surface area contributed by atoms with Gasteiger partial charge in [0.1, 0.15) is 17.9 Å². The summed E-state index contributed by atoms with van der Waals surface area (Å²) in [6, 6.07) is 10.9. The van der Waals surface area contributed by atoms with E-state index in [9.17, 15) is 9.18 Å². The Morgan fingerprint density at radius 3 is 2.81 bits per heavy atom. The number of amides is 1. The largest absolute Gasteiger partial charge is 0.448 e. The monoisotopic (exact) mass is 510 g/mol. The van der Waals surface area contributed by atoms with Crippen LogP contribution in [0.15, 0.2) is 53.3 Å². The number of rotatable bonds is 15. The first-order valence-electron chi connectivity index (χ1n) is 12.2. The van der Waals surface area contributed by atoms with Crippen molar-refractivity contribution in [3.8, 4) is 0 Å². The molecule has 0 aliphatic rings. The lowest BCUT2D eigenvalue weighted by Crippen LogP contribution is -2.24. The van der Waals surface area contributed by atoms with Crippen molar-refractivity contribution in [3.63, 3.8) is 0 Å². The van der Waals surface area contributed by atoms with Crippen molar-refractivity contribution in [1.29, 1.82) is 0 Å². The number of oxazole rings is 1. The summed E-state index contributed by atoms with van der Waals surface area (Å²) in [5.41, 5.74) is 2.36. The number of fused-ring (bicyclic) bond motifs is 1. The number of para-hydroxylation sites is 2. The Morgan fingerprint density at radius 2 is 1.95 bits per heavy atom. The van der Waals surface area contributed by atoms with Crippen molar-refractivity contribution in [1.82, 2.24) is 30.2 Å². The van der Waals surface area contributed by atoms with E-state index >= 15 is 0 Å². The molecule has 1 amide bonds. The zero-order chi connectivity index (χ0) is 25.9. The van der Waals surface area contributed by atoms with E-state index < -0.39 is 11.7 Å². The zero-order valence-corrected chi connectivity index (χ0v) is 20.8. The third-order valence-corrected chi connectivity index (χ3v) is 5.70. The van der Waals surface area contributed by atoms with Gasteiger partial charge >= 0.3 is 0 Å². The Hall–Kier alpha value is -3.67. The molecule has 1 aromatic carbocycles. The molecule has 37 heavy (non-hydrogen) atoms. The fraction of sp³-hybridized carbons (Fsp3) is 0.385. The van der Waals surface area contributed by atoms with Crippen LogP contribution in [0.4, 0.5) is 4.39 Å². The predicted molar refractivity (Wildman–Crippen MR) is 135 cm³/mol. The minimum absolute atomic E-state index is 0.0285. The van der Waals surface area contributed by atoms with Crippen molar-refractivity contribution in [3.05, 3.63) is 77.8 Å². The molecule has 4 aromatic rings. The fourth-order valence-electron chi connectivity index (χ4n) is 3.82. The number of ether oxygens (including phenoxy) is 2. The van der Waals surface area contributed by atoms with Crippen LogP contribution in [0.2, 0.25) is 0 Å². The lowest BCUT2D eigenvalue weighted by Gasteiger charge is -2.10. The number of methoxy groups -OCH3 is 1. The highest BCUT2D eigenvalue weighted by Crippen LogP contribution is 2.16. The Bertz CT molecular complexity index is 1290. The first-order valence-corrected chi connectivity index (χ1v) is 12.2. The summed E-state index contributed by atoms with van der Waals surface area (Å²) >= 11 is 0. The number of aromatic nitrogens is 4. The van der Waals surface area contributed by atoms with Gasteiger partial charge in [0.05, 0.1) is 43.1 Å². The number of hydrogen-bond acceptors (Lipinski definition) is 8. The van der Waals surface area contributed by atoms with Gasteiger partial charge in [-0.1, -0.05) is 12.1 Å². The van der Waals surface area contributed by atoms with Crippen LogP contribution >= 0.6 is 0 Å². The minimum atomic E-state index is -0.472. The van der Waals surface area contributed by atoms with E-state index in [1.165, 1.54) is 24.6 Å². The predicted octanol–water partition coefficient (Wildman–Crippen LogP) is 2.53. The van der Waals surface area contributed by atoms with Gasteiger partial charge in [-0.05, 0) is 24.3 Å². The molecule has 196 valence electrons. The van der Waals surface area contributed by atoms with Crippen LogP contribution in [0, 0.1) is 5.82 Å². The number of halogens is 1. The highest BCUT2D eigenvalue weighted by atomic mass is 19.1. The Kier molecular flexibility index (Phi) is 9.69. The first-order chi connectivity index (χ1) is 18.2. The van der Waals surface area contributed by atoms with Crippen LogP contribution in [0.3, 0.4) is 0 Å². The van der Waals surface area contributed by atoms with Gasteiger partial charge in [0.25, 0.3) is 5.91 Å². The Labute approximate surface area is 214 Å². The molecule has 0 aliphatic heterocycles. The van der Waals surface area contributed by atoms with Crippen molar-refractivity contribution < 1.29 is 23.1 Å². The summed E-state index contributed by atoms with van der Waals surface area (Å²) < 4.78 is 31.9. The van der Waals surface area contributed by atoms with Crippen LogP contribution in [0.25, 0.3) is 11.0 Å². The van der Waals surface area contributed by atoms with Gasteiger partial charge in [-0.15, -0.1) is 0 Å². The molecule has 0 saturated carbocycles. The van der Waals surface area contributed by atoms with Crippen molar-refractivity contribution in [2.75, 3.05) is 40.0 Å². The van der Waals surface area contributed by atoms with Crippen LogP contribution in [-0.4, -0.2) is 65.4 Å². The molecular weight excluding hydrogens is 479 g/mol. The molecule has 0 spiro atoms. The smallest absolute Gasteiger partial charge is 0.273 e. The molecule has 0 aliphatic carbocycles. The van der Waals surface area contributed by atoms with Gasteiger partial charge in [-0.2, -0.15) is 0 Å². The number of benzene rings is 1. The molecule has 0 radical (unpaired) electrons. The SMILES string of the molecule is COCCOCCn1c(CCNCCc2nc(C(=O)NCc3ncccc3F)co2)nc2ccccc21. The maximum absolute atomic E-state index is 13.7. The number of pyridine rings is 1. The quantitative estimate of drug-likeness (QED) is 0.235. The first kappa shape index (κ1) is 26.4. The summed E-state index contributed by atoms with van der Waals surface area (Å²) in [7, 11) is 1.66. The highest BCUT2D eigenvalue weighted by Gasteiger charge is 2.14. The average molecular weight is 511 g/mol. The molecule has 0 atom stereocenters. The van der Waals surface area contributed by atoms with E-state index in [1.54, 1.807) is 7.11 Å². The van der Waals surface area contributed by atoms with E-state index in [0.717, 1.165) is 29.8 Å². The summed E-state index contributed by atoms with van der Waals surface area (Å²) in [5, 5.41) is 5.98. The number of nitrogens with zero attached hydrogens (tertiary/aromatic N) is 4. The van der Waals surface area contributed by atoms with E-state index in [4.69, 9.17) is 18.9 Å². The Morgan fingerprint density at radius 1 is 1.08 bits per heavy atom. The lowest BCUT2D eigenvalue weighted by atomic mass is 10.3. The second kappa shape index (κ2) is 13.6. The molecule has 0 bridgehead atoms. The van der Waals surface area contributed by atoms with Crippen molar-refractivity contribution in [2.45, 2.75) is 25.9 Å². The molecule has 11 heteroatoms. The van der Waals surface area contributed by atoms with Crippen LogP contribution in [0.1, 0.15) is 27.9 Å². The zero-order valence-electron chi connectivity index (χ0n) is 20.8. The van der Waals surface area contributed by atoms with Gasteiger partial charge in [-0.25, -0.2) is 14.4 Å². The molecule has 0 saturated heterocycles. The standard InChI is InChI=1S/C26H31FN6O4/c1-35-15-16-36-14-13-33-23-7-3-2-6-20(23)31-24(33)8-11-28-12-9-25-32-22(18-37-25)26(34)30-17-21-19(27)5-4-10-29-21/h2-7,10,18,28H,8-9,11-17H2,1H3,(H,30,34). The number of carbonyl (C=O) groups is 1. The maximum atomic E-state index is 13.7.